The molecule has 2 amide bonds. The van der Waals surface area contributed by atoms with Crippen LogP contribution < -0.4 is 5.73 Å². The van der Waals surface area contributed by atoms with Crippen molar-refractivity contribution in [3.05, 3.63) is 28.2 Å². The number of nitrogen functional groups attached to an aromatic ring is 1. The standard InChI is InChI=1S/C13H16BrN3O2/c1-2-16-5-6-17(13(19)12(16)18)8-9-3-4-10(15)7-11(9)14/h3-4,7H,2,5-6,8,15H2,1H3. The summed E-state index contributed by atoms with van der Waals surface area (Å²) in [5.41, 5.74) is 7.28. The van der Waals surface area contributed by atoms with E-state index < -0.39 is 11.8 Å². The molecular weight excluding hydrogens is 310 g/mol. The van der Waals surface area contributed by atoms with Gasteiger partial charge in [-0.25, -0.2) is 0 Å². The van der Waals surface area contributed by atoms with E-state index in [0.717, 1.165) is 10.0 Å². The maximum Gasteiger partial charge on any atom is 0.312 e. The van der Waals surface area contributed by atoms with Crippen LogP contribution in [0.1, 0.15) is 12.5 Å². The Morgan fingerprint density at radius 2 is 1.84 bits per heavy atom. The van der Waals surface area contributed by atoms with Gasteiger partial charge in [-0.3, -0.25) is 9.59 Å². The average Bonchev–Trinajstić information content (AvgIpc) is 2.38. The molecule has 1 saturated heterocycles. The van der Waals surface area contributed by atoms with Crippen molar-refractivity contribution in [1.82, 2.24) is 9.80 Å². The molecule has 0 spiro atoms. The van der Waals surface area contributed by atoms with Crippen molar-refractivity contribution < 1.29 is 9.59 Å². The van der Waals surface area contributed by atoms with Crippen LogP contribution in [0.3, 0.4) is 0 Å². The smallest absolute Gasteiger partial charge is 0.312 e. The van der Waals surface area contributed by atoms with Gasteiger partial charge in [0.25, 0.3) is 0 Å². The number of benzene rings is 1. The first kappa shape index (κ1) is 13.9. The fourth-order valence-corrected chi connectivity index (χ4v) is 2.59. The lowest BCUT2D eigenvalue weighted by Crippen LogP contribution is -2.53. The normalized spacial score (nSPS) is 16.1. The first-order valence-electron chi connectivity index (χ1n) is 6.15. The maximum atomic E-state index is 12.0. The van der Waals surface area contributed by atoms with Gasteiger partial charge in [-0.05, 0) is 24.6 Å². The van der Waals surface area contributed by atoms with Crippen LogP contribution in [0.5, 0.6) is 0 Å². The van der Waals surface area contributed by atoms with Crippen LogP contribution in [0.2, 0.25) is 0 Å². The molecule has 19 heavy (non-hydrogen) atoms. The van der Waals surface area contributed by atoms with Crippen molar-refractivity contribution in [1.29, 1.82) is 0 Å². The van der Waals surface area contributed by atoms with Gasteiger partial charge >= 0.3 is 11.8 Å². The fourth-order valence-electron chi connectivity index (χ4n) is 2.07. The number of carbonyl (C=O) groups is 2. The van der Waals surface area contributed by atoms with E-state index in [4.69, 9.17) is 5.73 Å². The van der Waals surface area contributed by atoms with E-state index >= 15 is 0 Å². The maximum absolute atomic E-state index is 12.0. The zero-order chi connectivity index (χ0) is 14.0. The van der Waals surface area contributed by atoms with Gasteiger partial charge in [-0.15, -0.1) is 0 Å². The molecule has 1 aromatic carbocycles. The lowest BCUT2D eigenvalue weighted by atomic mass is 10.1. The average molecular weight is 326 g/mol. The molecule has 1 fully saturated rings. The molecule has 0 aromatic heterocycles. The third-order valence-corrected chi connectivity index (χ3v) is 3.96. The van der Waals surface area contributed by atoms with E-state index in [2.05, 4.69) is 15.9 Å². The van der Waals surface area contributed by atoms with Crippen molar-refractivity contribution in [2.24, 2.45) is 0 Å². The minimum absolute atomic E-state index is 0.416. The van der Waals surface area contributed by atoms with Gasteiger partial charge < -0.3 is 15.5 Å². The summed E-state index contributed by atoms with van der Waals surface area (Å²) in [7, 11) is 0. The zero-order valence-corrected chi connectivity index (χ0v) is 12.3. The highest BCUT2D eigenvalue weighted by molar-refractivity contribution is 9.10. The van der Waals surface area contributed by atoms with Gasteiger partial charge in [-0.2, -0.15) is 0 Å². The summed E-state index contributed by atoms with van der Waals surface area (Å²) in [6, 6.07) is 5.45. The number of rotatable bonds is 3. The van der Waals surface area contributed by atoms with Crippen LogP contribution in [0.4, 0.5) is 5.69 Å². The van der Waals surface area contributed by atoms with Gasteiger partial charge in [0.05, 0.1) is 0 Å². The zero-order valence-electron chi connectivity index (χ0n) is 10.7. The largest absolute Gasteiger partial charge is 0.399 e. The summed E-state index contributed by atoms with van der Waals surface area (Å²) in [4.78, 5) is 26.9. The Morgan fingerprint density at radius 1 is 1.21 bits per heavy atom. The van der Waals surface area contributed by atoms with E-state index in [-0.39, 0.29) is 0 Å². The van der Waals surface area contributed by atoms with Crippen LogP contribution in [-0.2, 0) is 16.1 Å². The molecule has 0 saturated carbocycles. The molecule has 6 heteroatoms. The van der Waals surface area contributed by atoms with Gasteiger partial charge in [0.1, 0.15) is 0 Å². The first-order valence-corrected chi connectivity index (χ1v) is 6.94. The van der Waals surface area contributed by atoms with Gasteiger partial charge in [-0.1, -0.05) is 22.0 Å². The molecule has 1 aliphatic heterocycles. The Hall–Kier alpha value is -1.56. The third kappa shape index (κ3) is 2.89. The van der Waals surface area contributed by atoms with Gasteiger partial charge in [0.15, 0.2) is 0 Å². The summed E-state index contributed by atoms with van der Waals surface area (Å²) in [6.07, 6.45) is 0. The predicted octanol–water partition coefficient (Wildman–Crippen LogP) is 1.22. The van der Waals surface area contributed by atoms with Crippen molar-refractivity contribution in [2.75, 3.05) is 25.4 Å². The number of anilines is 1. The molecule has 2 N–H and O–H groups in total. The Morgan fingerprint density at radius 3 is 2.47 bits per heavy atom. The molecule has 1 heterocycles. The van der Waals surface area contributed by atoms with Crippen molar-refractivity contribution in [2.45, 2.75) is 13.5 Å². The number of nitrogens with zero attached hydrogens (tertiary/aromatic N) is 2. The number of likely N-dealkylation sites (N-methyl/N-ethyl adjacent to an activating group) is 1. The van der Waals surface area contributed by atoms with Crippen LogP contribution >= 0.6 is 15.9 Å². The highest BCUT2D eigenvalue weighted by Gasteiger charge is 2.31. The highest BCUT2D eigenvalue weighted by Crippen LogP contribution is 2.22. The van der Waals surface area contributed by atoms with E-state index in [0.29, 0.717) is 31.9 Å². The summed E-state index contributed by atoms with van der Waals surface area (Å²) < 4.78 is 0.852. The van der Waals surface area contributed by atoms with E-state index in [1.165, 1.54) is 0 Å². The summed E-state index contributed by atoms with van der Waals surface area (Å²) in [5.74, 6) is -0.850. The summed E-state index contributed by atoms with van der Waals surface area (Å²) in [5, 5.41) is 0. The molecule has 1 aliphatic rings. The molecule has 5 nitrogen and oxygen atoms in total. The second kappa shape index (κ2) is 5.61. The Labute approximate surface area is 120 Å². The topological polar surface area (TPSA) is 66.6 Å². The summed E-state index contributed by atoms with van der Waals surface area (Å²) >= 11 is 3.42. The predicted molar refractivity (Wildman–Crippen MR) is 76.2 cm³/mol. The molecule has 0 radical (unpaired) electrons. The van der Waals surface area contributed by atoms with Gasteiger partial charge in [0.2, 0.25) is 0 Å². The minimum atomic E-state index is -0.433. The van der Waals surface area contributed by atoms with Crippen molar-refractivity contribution >= 4 is 33.4 Å². The van der Waals surface area contributed by atoms with Crippen molar-refractivity contribution in [3.8, 4) is 0 Å². The molecule has 0 unspecified atom stereocenters. The Kier molecular flexibility index (Phi) is 4.09. The number of hydrogen-bond donors (Lipinski definition) is 1. The molecule has 1 aromatic rings. The Balaban J connectivity index is 2.12. The summed E-state index contributed by atoms with van der Waals surface area (Å²) in [6.45, 7) is 4.02. The SMILES string of the molecule is CCN1CCN(Cc2ccc(N)cc2Br)C(=O)C1=O. The van der Waals surface area contributed by atoms with E-state index in [1.54, 1.807) is 21.9 Å². The molecule has 2 rings (SSSR count). The van der Waals surface area contributed by atoms with Crippen LogP contribution in [0.25, 0.3) is 0 Å². The monoisotopic (exact) mass is 325 g/mol. The Bertz CT molecular complexity index is 519. The van der Waals surface area contributed by atoms with Crippen LogP contribution in [0.15, 0.2) is 22.7 Å². The van der Waals surface area contributed by atoms with E-state index in [9.17, 15) is 9.59 Å². The number of hydrogen-bond acceptors (Lipinski definition) is 3. The first-order chi connectivity index (χ1) is 9.02. The number of piperazine rings is 1. The number of nitrogens with two attached hydrogens (primary N) is 1. The second-order valence-corrected chi connectivity index (χ2v) is 5.32. The quantitative estimate of drug-likeness (QED) is 0.671. The molecule has 102 valence electrons. The lowest BCUT2D eigenvalue weighted by molar-refractivity contribution is -0.156. The molecule has 0 atom stereocenters. The van der Waals surface area contributed by atoms with Crippen LogP contribution in [0, 0.1) is 0 Å². The highest BCUT2D eigenvalue weighted by atomic mass is 79.9. The van der Waals surface area contributed by atoms with Crippen molar-refractivity contribution in [3.63, 3.8) is 0 Å². The number of carbonyl (C=O) groups excluding carboxylic acids is 2. The molecular formula is C13H16BrN3O2. The molecule has 0 aliphatic carbocycles. The van der Waals surface area contributed by atoms with Crippen LogP contribution in [-0.4, -0.2) is 41.2 Å². The third-order valence-electron chi connectivity index (χ3n) is 3.22. The number of halogens is 1. The van der Waals surface area contributed by atoms with Gasteiger partial charge in [0, 0.05) is 36.3 Å². The molecule has 0 bridgehead atoms. The van der Waals surface area contributed by atoms with E-state index in [1.807, 2.05) is 13.0 Å². The second-order valence-electron chi connectivity index (χ2n) is 4.46. The minimum Gasteiger partial charge on any atom is -0.399 e. The lowest BCUT2D eigenvalue weighted by Gasteiger charge is -2.33. The fraction of sp³-hybridized carbons (Fsp3) is 0.385. The number of amides is 2.